The van der Waals surface area contributed by atoms with E-state index in [1.807, 2.05) is 23.6 Å². The molecule has 1 aromatic heterocycles. The van der Waals surface area contributed by atoms with E-state index in [0.717, 1.165) is 24.2 Å². The van der Waals surface area contributed by atoms with Gasteiger partial charge in [-0.2, -0.15) is 5.26 Å². The fraction of sp³-hybridized carbons (Fsp3) is 0.267. The third-order valence-corrected chi connectivity index (χ3v) is 3.61. The Kier molecular flexibility index (Phi) is 2.68. The summed E-state index contributed by atoms with van der Waals surface area (Å²) in [6.07, 6.45) is 3.42. The molecule has 0 aliphatic heterocycles. The zero-order chi connectivity index (χ0) is 13.4. The Balaban J connectivity index is 2.09. The minimum absolute atomic E-state index is 0.0568. The standard InChI is InChI=1S/C15H13N3O/c1-10-2-7-13-14(15(10)19)18(9-17-13)12-5-3-11(8-16)4-6-12/h3-6,9-10H,2,7H2,1H3. The molecule has 1 aromatic carbocycles. The number of benzene rings is 1. The van der Waals surface area contributed by atoms with Gasteiger partial charge >= 0.3 is 0 Å². The molecule has 2 aromatic rings. The molecule has 1 unspecified atom stereocenters. The van der Waals surface area contributed by atoms with Crippen molar-refractivity contribution in [2.75, 3.05) is 0 Å². The van der Waals surface area contributed by atoms with Crippen LogP contribution < -0.4 is 0 Å². The van der Waals surface area contributed by atoms with Crippen LogP contribution in [0.4, 0.5) is 0 Å². The SMILES string of the molecule is CC1CCc2ncn(-c3ccc(C#N)cc3)c2C1=O. The normalized spacial score (nSPS) is 17.9. The Hall–Kier alpha value is -2.41. The number of fused-ring (bicyclic) bond motifs is 1. The number of Topliss-reactive ketones (excluding diaryl/α,β-unsaturated/α-hetero) is 1. The van der Waals surface area contributed by atoms with E-state index in [-0.39, 0.29) is 11.7 Å². The van der Waals surface area contributed by atoms with Crippen molar-refractivity contribution < 1.29 is 4.79 Å². The van der Waals surface area contributed by atoms with Crippen LogP contribution in [0.15, 0.2) is 30.6 Å². The number of nitrogens with zero attached hydrogens (tertiary/aromatic N) is 3. The van der Waals surface area contributed by atoms with Crippen molar-refractivity contribution >= 4 is 5.78 Å². The highest BCUT2D eigenvalue weighted by atomic mass is 16.1. The van der Waals surface area contributed by atoms with Crippen molar-refractivity contribution in [1.29, 1.82) is 5.26 Å². The Morgan fingerprint density at radius 3 is 2.79 bits per heavy atom. The predicted molar refractivity (Wildman–Crippen MR) is 70.1 cm³/mol. The van der Waals surface area contributed by atoms with Crippen LogP contribution in [0.2, 0.25) is 0 Å². The number of hydrogen-bond donors (Lipinski definition) is 0. The van der Waals surface area contributed by atoms with Gasteiger partial charge in [0.05, 0.1) is 17.3 Å². The van der Waals surface area contributed by atoms with Gasteiger partial charge in [-0.25, -0.2) is 4.98 Å². The van der Waals surface area contributed by atoms with Crippen molar-refractivity contribution in [3.05, 3.63) is 47.5 Å². The lowest BCUT2D eigenvalue weighted by atomic mass is 9.90. The highest BCUT2D eigenvalue weighted by molar-refractivity contribution is 5.98. The Morgan fingerprint density at radius 2 is 2.11 bits per heavy atom. The maximum atomic E-state index is 12.3. The summed E-state index contributed by atoms with van der Waals surface area (Å²) in [5.41, 5.74) is 3.06. The summed E-state index contributed by atoms with van der Waals surface area (Å²) < 4.78 is 1.83. The molecule has 4 nitrogen and oxygen atoms in total. The largest absolute Gasteiger partial charge is 0.296 e. The number of imidazole rings is 1. The molecule has 94 valence electrons. The van der Waals surface area contributed by atoms with Crippen LogP contribution >= 0.6 is 0 Å². The van der Waals surface area contributed by atoms with E-state index >= 15 is 0 Å². The zero-order valence-corrected chi connectivity index (χ0v) is 10.6. The van der Waals surface area contributed by atoms with Crippen LogP contribution in [0.3, 0.4) is 0 Å². The van der Waals surface area contributed by atoms with Crippen molar-refractivity contribution in [2.45, 2.75) is 19.8 Å². The molecule has 0 saturated carbocycles. The van der Waals surface area contributed by atoms with E-state index in [2.05, 4.69) is 11.1 Å². The van der Waals surface area contributed by atoms with Gasteiger partial charge in [-0.1, -0.05) is 6.92 Å². The second kappa shape index (κ2) is 4.36. The van der Waals surface area contributed by atoms with Gasteiger partial charge in [-0.05, 0) is 37.1 Å². The number of carbonyl (C=O) groups is 1. The first-order valence-electron chi connectivity index (χ1n) is 6.31. The van der Waals surface area contributed by atoms with Crippen molar-refractivity contribution in [1.82, 2.24) is 9.55 Å². The summed E-state index contributed by atoms with van der Waals surface area (Å²) in [5, 5.41) is 8.80. The average molecular weight is 251 g/mol. The summed E-state index contributed by atoms with van der Waals surface area (Å²) in [4.78, 5) is 16.6. The molecule has 4 heteroatoms. The highest BCUT2D eigenvalue weighted by Gasteiger charge is 2.28. The number of aromatic nitrogens is 2. The predicted octanol–water partition coefficient (Wildman–Crippen LogP) is 2.51. The molecule has 1 heterocycles. The third kappa shape index (κ3) is 1.84. The summed E-state index contributed by atoms with van der Waals surface area (Å²) in [6, 6.07) is 9.26. The quantitative estimate of drug-likeness (QED) is 0.782. The van der Waals surface area contributed by atoms with Crippen LogP contribution in [0.1, 0.15) is 35.1 Å². The molecule has 3 rings (SSSR count). The van der Waals surface area contributed by atoms with Gasteiger partial charge in [0.15, 0.2) is 5.78 Å². The highest BCUT2D eigenvalue weighted by Crippen LogP contribution is 2.26. The Morgan fingerprint density at radius 1 is 1.37 bits per heavy atom. The maximum Gasteiger partial charge on any atom is 0.184 e. The molecule has 0 fully saturated rings. The van der Waals surface area contributed by atoms with Gasteiger partial charge in [0.25, 0.3) is 0 Å². The van der Waals surface area contributed by atoms with E-state index in [1.54, 1.807) is 18.5 Å². The zero-order valence-electron chi connectivity index (χ0n) is 10.6. The molecule has 0 saturated heterocycles. The van der Waals surface area contributed by atoms with E-state index in [1.165, 1.54) is 0 Å². The van der Waals surface area contributed by atoms with Gasteiger partial charge in [-0.3, -0.25) is 9.36 Å². The molecule has 0 amide bonds. The smallest absolute Gasteiger partial charge is 0.184 e. The lowest BCUT2D eigenvalue weighted by Crippen LogP contribution is -2.22. The summed E-state index contributed by atoms with van der Waals surface area (Å²) in [6.45, 7) is 1.96. The van der Waals surface area contributed by atoms with E-state index < -0.39 is 0 Å². The van der Waals surface area contributed by atoms with Gasteiger partial charge in [-0.15, -0.1) is 0 Å². The molecule has 1 aliphatic rings. The van der Waals surface area contributed by atoms with Gasteiger partial charge in [0, 0.05) is 11.6 Å². The lowest BCUT2D eigenvalue weighted by molar-refractivity contribution is 0.0906. The van der Waals surface area contributed by atoms with Gasteiger partial charge < -0.3 is 0 Å². The third-order valence-electron chi connectivity index (χ3n) is 3.61. The minimum atomic E-state index is 0.0568. The van der Waals surface area contributed by atoms with Crippen LogP contribution in [-0.2, 0) is 6.42 Å². The minimum Gasteiger partial charge on any atom is -0.296 e. The molecule has 1 atom stereocenters. The second-order valence-electron chi connectivity index (χ2n) is 4.87. The van der Waals surface area contributed by atoms with Crippen LogP contribution in [0.5, 0.6) is 0 Å². The molecule has 19 heavy (non-hydrogen) atoms. The maximum absolute atomic E-state index is 12.3. The van der Waals surface area contributed by atoms with Crippen molar-refractivity contribution in [3.8, 4) is 11.8 Å². The van der Waals surface area contributed by atoms with Crippen LogP contribution in [-0.4, -0.2) is 15.3 Å². The molecule has 0 spiro atoms. The Bertz CT molecular complexity index is 676. The molecule has 1 aliphatic carbocycles. The average Bonchev–Trinajstić information content (AvgIpc) is 2.88. The van der Waals surface area contributed by atoms with Gasteiger partial charge in [0.1, 0.15) is 12.0 Å². The number of aryl methyl sites for hydroxylation is 1. The summed E-state index contributed by atoms with van der Waals surface area (Å²) in [5.74, 6) is 0.212. The summed E-state index contributed by atoms with van der Waals surface area (Å²) >= 11 is 0. The molecule has 0 bridgehead atoms. The number of ketones is 1. The molecule has 0 N–H and O–H groups in total. The van der Waals surface area contributed by atoms with Crippen LogP contribution in [0, 0.1) is 17.2 Å². The monoisotopic (exact) mass is 251 g/mol. The van der Waals surface area contributed by atoms with E-state index in [0.29, 0.717) is 11.3 Å². The van der Waals surface area contributed by atoms with Gasteiger partial charge in [0.2, 0.25) is 0 Å². The molecular formula is C15H13N3O. The first kappa shape index (κ1) is 11.7. The van der Waals surface area contributed by atoms with Crippen molar-refractivity contribution in [3.63, 3.8) is 0 Å². The summed E-state index contributed by atoms with van der Waals surface area (Å²) in [7, 11) is 0. The number of nitriles is 1. The van der Waals surface area contributed by atoms with E-state index in [9.17, 15) is 4.79 Å². The number of rotatable bonds is 1. The topological polar surface area (TPSA) is 58.7 Å². The number of hydrogen-bond acceptors (Lipinski definition) is 3. The first-order chi connectivity index (χ1) is 9.20. The Labute approximate surface area is 111 Å². The molecule has 0 radical (unpaired) electrons. The van der Waals surface area contributed by atoms with Crippen molar-refractivity contribution in [2.24, 2.45) is 5.92 Å². The number of carbonyl (C=O) groups excluding carboxylic acids is 1. The van der Waals surface area contributed by atoms with Crippen LogP contribution in [0.25, 0.3) is 5.69 Å². The molecular weight excluding hydrogens is 238 g/mol. The first-order valence-corrected chi connectivity index (χ1v) is 6.31. The fourth-order valence-electron chi connectivity index (χ4n) is 2.44. The fourth-order valence-corrected chi connectivity index (χ4v) is 2.44. The second-order valence-corrected chi connectivity index (χ2v) is 4.87. The van der Waals surface area contributed by atoms with E-state index in [4.69, 9.17) is 5.26 Å². The lowest BCUT2D eigenvalue weighted by Gasteiger charge is -2.18.